The van der Waals surface area contributed by atoms with Crippen molar-refractivity contribution in [2.24, 2.45) is 0 Å². The van der Waals surface area contributed by atoms with Gasteiger partial charge in [-0.1, -0.05) is 11.6 Å². The van der Waals surface area contributed by atoms with Crippen LogP contribution in [-0.4, -0.2) is 16.1 Å². The van der Waals surface area contributed by atoms with Crippen LogP contribution in [0.3, 0.4) is 0 Å². The van der Waals surface area contributed by atoms with Crippen LogP contribution in [0.2, 0.25) is 5.02 Å². The molecule has 0 spiro atoms. The van der Waals surface area contributed by atoms with Crippen molar-refractivity contribution in [2.45, 2.75) is 0 Å². The van der Waals surface area contributed by atoms with Crippen LogP contribution in [0.15, 0.2) is 36.7 Å². The molecule has 2 rings (SSSR count). The number of nitrogens with zero attached hydrogens (tertiary/aromatic N) is 1. The summed E-state index contributed by atoms with van der Waals surface area (Å²) in [7, 11) is 0. The molecule has 0 unspecified atom stereocenters. The van der Waals surface area contributed by atoms with Crippen molar-refractivity contribution in [3.05, 3.63) is 53.1 Å². The summed E-state index contributed by atoms with van der Waals surface area (Å²) in [4.78, 5) is 14.5. The van der Waals surface area contributed by atoms with Crippen LogP contribution in [0.1, 0.15) is 10.4 Å². The van der Waals surface area contributed by atoms with Crippen LogP contribution >= 0.6 is 11.6 Å². The van der Waals surface area contributed by atoms with Crippen LogP contribution in [0, 0.1) is 5.82 Å². The summed E-state index contributed by atoms with van der Waals surface area (Å²) in [5, 5.41) is 9.22. The molecule has 17 heavy (non-hydrogen) atoms. The first-order chi connectivity index (χ1) is 8.08. The van der Waals surface area contributed by atoms with E-state index in [0.29, 0.717) is 16.1 Å². The van der Waals surface area contributed by atoms with Crippen molar-refractivity contribution in [1.82, 2.24) is 4.98 Å². The van der Waals surface area contributed by atoms with E-state index >= 15 is 0 Å². The molecular weight excluding hydrogens is 245 g/mol. The zero-order chi connectivity index (χ0) is 12.4. The largest absolute Gasteiger partial charge is 0.478 e. The molecule has 5 heteroatoms. The van der Waals surface area contributed by atoms with E-state index in [1.54, 1.807) is 0 Å². The molecule has 3 nitrogen and oxygen atoms in total. The number of pyridine rings is 1. The second-order valence-electron chi connectivity index (χ2n) is 3.39. The van der Waals surface area contributed by atoms with Gasteiger partial charge in [-0.15, -0.1) is 0 Å². The van der Waals surface area contributed by atoms with Crippen molar-refractivity contribution in [1.29, 1.82) is 0 Å². The van der Waals surface area contributed by atoms with E-state index in [1.807, 2.05) is 0 Å². The average Bonchev–Trinajstić information content (AvgIpc) is 2.29. The van der Waals surface area contributed by atoms with E-state index in [4.69, 9.17) is 16.7 Å². The standard InChI is InChI=1S/C12H7ClFNO2/c13-11-2-1-7(12(16)17)4-10(11)8-3-9(14)6-15-5-8/h1-6H,(H,16,17). The Balaban J connectivity index is 2.58. The van der Waals surface area contributed by atoms with Gasteiger partial charge in [0.15, 0.2) is 0 Å². The molecule has 0 aliphatic heterocycles. The lowest BCUT2D eigenvalue weighted by molar-refractivity contribution is 0.0697. The van der Waals surface area contributed by atoms with Gasteiger partial charge in [-0.2, -0.15) is 0 Å². The molecule has 0 bridgehead atoms. The van der Waals surface area contributed by atoms with Crippen molar-refractivity contribution < 1.29 is 14.3 Å². The van der Waals surface area contributed by atoms with Gasteiger partial charge in [0.05, 0.1) is 11.8 Å². The molecule has 0 aliphatic carbocycles. The fraction of sp³-hybridized carbons (Fsp3) is 0. The number of hydrogen-bond acceptors (Lipinski definition) is 2. The summed E-state index contributed by atoms with van der Waals surface area (Å²) in [6.07, 6.45) is 2.49. The maximum Gasteiger partial charge on any atom is 0.335 e. The number of benzene rings is 1. The molecular formula is C12H7ClFNO2. The summed E-state index contributed by atoms with van der Waals surface area (Å²) in [6.45, 7) is 0. The van der Waals surface area contributed by atoms with Crippen LogP contribution in [0.4, 0.5) is 4.39 Å². The lowest BCUT2D eigenvalue weighted by Crippen LogP contribution is -1.96. The van der Waals surface area contributed by atoms with E-state index in [9.17, 15) is 9.18 Å². The third-order valence-electron chi connectivity index (χ3n) is 2.23. The van der Waals surface area contributed by atoms with Gasteiger partial charge in [0.2, 0.25) is 0 Å². The number of rotatable bonds is 2. The zero-order valence-corrected chi connectivity index (χ0v) is 9.28. The zero-order valence-electron chi connectivity index (χ0n) is 8.52. The summed E-state index contributed by atoms with van der Waals surface area (Å²) < 4.78 is 13.0. The molecule has 0 fully saturated rings. The Morgan fingerprint density at radius 1 is 1.29 bits per heavy atom. The lowest BCUT2D eigenvalue weighted by Gasteiger charge is -2.05. The number of aromatic nitrogens is 1. The first kappa shape index (κ1) is 11.5. The van der Waals surface area contributed by atoms with Crippen LogP contribution in [-0.2, 0) is 0 Å². The summed E-state index contributed by atoms with van der Waals surface area (Å²) >= 11 is 5.94. The van der Waals surface area contributed by atoms with Gasteiger partial charge in [0.25, 0.3) is 0 Å². The highest BCUT2D eigenvalue weighted by Gasteiger charge is 2.09. The highest BCUT2D eigenvalue weighted by atomic mass is 35.5. The first-order valence-corrected chi connectivity index (χ1v) is 5.09. The molecule has 1 heterocycles. The van der Waals surface area contributed by atoms with Gasteiger partial charge < -0.3 is 5.11 Å². The average molecular weight is 252 g/mol. The molecule has 1 aromatic heterocycles. The minimum absolute atomic E-state index is 0.0914. The number of aromatic carboxylic acids is 1. The van der Waals surface area contributed by atoms with Crippen molar-refractivity contribution in [3.8, 4) is 11.1 Å². The number of halogens is 2. The highest BCUT2D eigenvalue weighted by molar-refractivity contribution is 6.33. The number of carboxylic acids is 1. The Bertz CT molecular complexity index is 586. The molecule has 1 aromatic carbocycles. The van der Waals surface area contributed by atoms with Gasteiger partial charge in [-0.25, -0.2) is 9.18 Å². The fourth-order valence-corrected chi connectivity index (χ4v) is 1.67. The third kappa shape index (κ3) is 2.42. The summed E-state index contributed by atoms with van der Waals surface area (Å²) in [5.41, 5.74) is 0.977. The molecule has 0 saturated carbocycles. The minimum atomic E-state index is -1.06. The number of carboxylic acid groups (broad SMARTS) is 1. The van der Waals surface area contributed by atoms with E-state index in [2.05, 4.69) is 4.98 Å². The Labute approximate surface area is 101 Å². The minimum Gasteiger partial charge on any atom is -0.478 e. The van der Waals surface area contributed by atoms with E-state index in [-0.39, 0.29) is 5.56 Å². The van der Waals surface area contributed by atoms with Crippen LogP contribution in [0.25, 0.3) is 11.1 Å². The predicted molar refractivity (Wildman–Crippen MR) is 61.6 cm³/mol. The van der Waals surface area contributed by atoms with E-state index < -0.39 is 11.8 Å². The monoisotopic (exact) mass is 251 g/mol. The molecule has 2 aromatic rings. The Hall–Kier alpha value is -1.94. The maximum atomic E-state index is 13.0. The molecule has 1 N–H and O–H groups in total. The number of hydrogen-bond donors (Lipinski definition) is 1. The second-order valence-corrected chi connectivity index (χ2v) is 3.80. The van der Waals surface area contributed by atoms with Crippen molar-refractivity contribution >= 4 is 17.6 Å². The normalized spacial score (nSPS) is 10.2. The van der Waals surface area contributed by atoms with Crippen LogP contribution in [0.5, 0.6) is 0 Å². The Morgan fingerprint density at radius 3 is 2.71 bits per heavy atom. The lowest BCUT2D eigenvalue weighted by atomic mass is 10.0. The Kier molecular flexibility index (Phi) is 3.06. The molecule has 0 amide bonds. The molecule has 0 atom stereocenters. The van der Waals surface area contributed by atoms with E-state index in [1.165, 1.54) is 30.5 Å². The predicted octanol–water partition coefficient (Wildman–Crippen LogP) is 3.24. The van der Waals surface area contributed by atoms with Crippen LogP contribution < -0.4 is 0 Å². The second kappa shape index (κ2) is 4.51. The quantitative estimate of drug-likeness (QED) is 0.891. The van der Waals surface area contributed by atoms with Gasteiger partial charge in [0, 0.05) is 22.3 Å². The van der Waals surface area contributed by atoms with Gasteiger partial charge >= 0.3 is 5.97 Å². The number of carbonyl (C=O) groups is 1. The Morgan fingerprint density at radius 2 is 2.06 bits per heavy atom. The highest BCUT2D eigenvalue weighted by Crippen LogP contribution is 2.28. The third-order valence-corrected chi connectivity index (χ3v) is 2.56. The topological polar surface area (TPSA) is 50.2 Å². The van der Waals surface area contributed by atoms with Crippen molar-refractivity contribution in [3.63, 3.8) is 0 Å². The summed E-state index contributed by atoms with van der Waals surface area (Å²) in [6, 6.07) is 5.49. The molecule has 0 radical (unpaired) electrons. The van der Waals surface area contributed by atoms with Gasteiger partial charge in [-0.05, 0) is 24.3 Å². The molecule has 0 aliphatic rings. The van der Waals surface area contributed by atoms with E-state index in [0.717, 1.165) is 6.20 Å². The summed E-state index contributed by atoms with van der Waals surface area (Å²) in [5.74, 6) is -1.56. The SMILES string of the molecule is O=C(O)c1ccc(Cl)c(-c2cncc(F)c2)c1. The smallest absolute Gasteiger partial charge is 0.335 e. The van der Waals surface area contributed by atoms with Gasteiger partial charge in [-0.3, -0.25) is 4.98 Å². The molecule has 86 valence electrons. The van der Waals surface area contributed by atoms with Crippen molar-refractivity contribution in [2.75, 3.05) is 0 Å². The van der Waals surface area contributed by atoms with Gasteiger partial charge in [0.1, 0.15) is 5.82 Å². The maximum absolute atomic E-state index is 13.0. The fourth-order valence-electron chi connectivity index (χ4n) is 1.44. The molecule has 0 saturated heterocycles. The first-order valence-electron chi connectivity index (χ1n) is 4.71.